The minimum Gasteiger partial charge on any atom is -0.308 e. The summed E-state index contributed by atoms with van der Waals surface area (Å²) < 4.78 is 47.1. The lowest BCUT2D eigenvalue weighted by atomic mass is 9.99. The van der Waals surface area contributed by atoms with Crippen molar-refractivity contribution in [2.45, 2.75) is 0 Å². The Bertz CT molecular complexity index is 3080. The molecule has 3 nitrogen and oxygen atoms in total. The molecule has 10 aromatic rings. The molecular weight excluding hydrogens is 579 g/mol. The molecule has 214 valence electrons. The van der Waals surface area contributed by atoms with Crippen LogP contribution in [0.4, 0.5) is 0 Å². The molecule has 0 spiro atoms. The van der Waals surface area contributed by atoms with Crippen LogP contribution in [0, 0.1) is 0 Å². The lowest BCUT2D eigenvalue weighted by molar-refractivity contribution is 1.18. The van der Waals surface area contributed by atoms with Crippen LogP contribution in [-0.4, -0.2) is 14.5 Å². The van der Waals surface area contributed by atoms with Gasteiger partial charge in [0.05, 0.1) is 33.8 Å². The molecule has 4 heteroatoms. The zero-order chi connectivity index (χ0) is 34.5. The highest BCUT2D eigenvalue weighted by Crippen LogP contribution is 2.47. The summed E-state index contributed by atoms with van der Waals surface area (Å²) in [6.07, 6.45) is 0. The predicted molar refractivity (Wildman–Crippen MR) is 195 cm³/mol. The Morgan fingerprint density at radius 1 is 0.565 bits per heavy atom. The summed E-state index contributed by atoms with van der Waals surface area (Å²) in [6, 6.07) is 39.5. The van der Waals surface area contributed by atoms with Crippen LogP contribution in [0.2, 0.25) is 0 Å². The molecule has 46 heavy (non-hydrogen) atoms. The van der Waals surface area contributed by atoms with E-state index in [4.69, 9.17) is 16.8 Å². The number of hydrogen-bond donors (Lipinski definition) is 0. The zero-order valence-corrected chi connectivity index (χ0v) is 25.1. The maximum Gasteiger partial charge on any atom is 0.160 e. The number of hydrogen-bond acceptors (Lipinski definition) is 3. The van der Waals surface area contributed by atoms with Gasteiger partial charge in [0, 0.05) is 48.4 Å². The third kappa shape index (κ3) is 3.65. The summed E-state index contributed by atoms with van der Waals surface area (Å²) in [5.74, 6) is 0.399. The Morgan fingerprint density at radius 2 is 1.26 bits per heavy atom. The smallest absolute Gasteiger partial charge is 0.160 e. The van der Waals surface area contributed by atoms with E-state index in [1.807, 2.05) is 47.7 Å². The summed E-state index contributed by atoms with van der Waals surface area (Å²) in [6.45, 7) is 0. The van der Waals surface area contributed by atoms with Crippen LogP contribution in [-0.2, 0) is 0 Å². The number of para-hydroxylation sites is 2. The van der Waals surface area contributed by atoms with E-state index in [2.05, 4.69) is 89.5 Å². The van der Waals surface area contributed by atoms with Gasteiger partial charge >= 0.3 is 0 Å². The second-order valence-electron chi connectivity index (χ2n) is 11.4. The zero-order valence-electron chi connectivity index (χ0n) is 29.3. The second kappa shape index (κ2) is 9.83. The Morgan fingerprint density at radius 3 is 2.11 bits per heavy atom. The first-order valence-electron chi connectivity index (χ1n) is 17.6. The van der Waals surface area contributed by atoms with Crippen LogP contribution in [0.15, 0.2) is 152 Å². The molecule has 0 aliphatic carbocycles. The minimum absolute atomic E-state index is 0.0541. The molecular formula is C42H25N3S. The standard InChI is InChI=1S/C42H25N3S/c1-2-13-26(14-3-1)39-31-19-6-9-22-34(31)43-42(44-39)27-15-12-16-28(25-27)45-35-23-10-7-20-32(35)37-29-17-4-5-18-30(29)38-33-21-8-11-24-36(33)46-41(38)40(37)45/h1-25H/i1D,2D,3D,13D,14D. The fourth-order valence-electron chi connectivity index (χ4n) is 6.94. The van der Waals surface area contributed by atoms with Crippen molar-refractivity contribution in [3.63, 3.8) is 0 Å². The maximum atomic E-state index is 8.73. The lowest BCUT2D eigenvalue weighted by Gasteiger charge is -2.13. The van der Waals surface area contributed by atoms with Crippen molar-refractivity contribution in [2.75, 3.05) is 0 Å². The molecule has 0 bridgehead atoms. The molecule has 0 aliphatic heterocycles. The molecule has 0 N–H and O–H groups in total. The van der Waals surface area contributed by atoms with E-state index in [9.17, 15) is 0 Å². The monoisotopic (exact) mass is 608 g/mol. The summed E-state index contributed by atoms with van der Waals surface area (Å²) in [4.78, 5) is 9.90. The van der Waals surface area contributed by atoms with Crippen LogP contribution in [0.25, 0.3) is 92.0 Å². The number of rotatable bonds is 3. The van der Waals surface area contributed by atoms with Gasteiger partial charge < -0.3 is 4.57 Å². The average molecular weight is 609 g/mol. The van der Waals surface area contributed by atoms with Gasteiger partial charge in [-0.2, -0.15) is 0 Å². The summed E-state index contributed by atoms with van der Waals surface area (Å²) in [5.41, 5.74) is 4.87. The van der Waals surface area contributed by atoms with Crippen molar-refractivity contribution in [2.24, 2.45) is 0 Å². The Hall–Kier alpha value is -5.84. The highest BCUT2D eigenvalue weighted by Gasteiger charge is 2.22. The third-order valence-corrected chi connectivity index (χ3v) is 10.0. The molecule has 0 saturated carbocycles. The van der Waals surface area contributed by atoms with Gasteiger partial charge in [-0.15, -0.1) is 11.3 Å². The van der Waals surface area contributed by atoms with Crippen molar-refractivity contribution in [1.29, 1.82) is 0 Å². The first-order chi connectivity index (χ1) is 24.9. The minimum atomic E-state index is -0.438. The van der Waals surface area contributed by atoms with Crippen LogP contribution >= 0.6 is 11.3 Å². The van der Waals surface area contributed by atoms with Gasteiger partial charge in [-0.3, -0.25) is 0 Å². The van der Waals surface area contributed by atoms with Gasteiger partial charge in [-0.1, -0.05) is 121 Å². The fraction of sp³-hybridized carbons (Fsp3) is 0. The van der Waals surface area contributed by atoms with E-state index in [-0.39, 0.29) is 17.6 Å². The molecule has 0 unspecified atom stereocenters. The van der Waals surface area contributed by atoms with Crippen LogP contribution in [0.1, 0.15) is 6.85 Å². The Balaban J connectivity index is 1.28. The van der Waals surface area contributed by atoms with E-state index in [1.54, 1.807) is 0 Å². The Labute approximate surface area is 275 Å². The first-order valence-corrected chi connectivity index (χ1v) is 15.9. The summed E-state index contributed by atoms with van der Waals surface area (Å²) in [5, 5.41) is 7.91. The average Bonchev–Trinajstić information content (AvgIpc) is 3.73. The van der Waals surface area contributed by atoms with Crippen molar-refractivity contribution in [1.82, 2.24) is 14.5 Å². The van der Waals surface area contributed by atoms with E-state index < -0.39 is 18.1 Å². The van der Waals surface area contributed by atoms with Gasteiger partial charge in [-0.25, -0.2) is 9.97 Å². The summed E-state index contributed by atoms with van der Waals surface area (Å²) >= 11 is 1.81. The van der Waals surface area contributed by atoms with E-state index in [0.29, 0.717) is 22.4 Å². The van der Waals surface area contributed by atoms with Crippen LogP contribution in [0.3, 0.4) is 0 Å². The molecule has 3 aromatic heterocycles. The molecule has 0 amide bonds. The van der Waals surface area contributed by atoms with Crippen molar-refractivity contribution >= 4 is 75.0 Å². The SMILES string of the molecule is [2H]c1c([2H])c([2H])c(-c2nc(-c3cccc(-n4c5ccccc5c5c6ccccc6c6c7ccccc7sc6c54)c3)nc3ccccc23)c([2H])c1[2H]. The van der Waals surface area contributed by atoms with Gasteiger partial charge in [0.15, 0.2) is 5.82 Å². The van der Waals surface area contributed by atoms with E-state index in [0.717, 1.165) is 22.3 Å². The summed E-state index contributed by atoms with van der Waals surface area (Å²) in [7, 11) is 0. The van der Waals surface area contributed by atoms with Gasteiger partial charge in [-0.05, 0) is 41.1 Å². The number of benzene rings is 7. The number of fused-ring (bicyclic) bond motifs is 11. The molecule has 10 rings (SSSR count). The maximum absolute atomic E-state index is 8.73. The van der Waals surface area contributed by atoms with Gasteiger partial charge in [0.1, 0.15) is 0 Å². The fourth-order valence-corrected chi connectivity index (χ4v) is 8.20. The number of thiophene rings is 1. The molecule has 0 aliphatic rings. The van der Waals surface area contributed by atoms with Crippen molar-refractivity contribution in [3.8, 4) is 28.3 Å². The first kappa shape index (κ1) is 21.0. The van der Waals surface area contributed by atoms with Crippen LogP contribution in [0.5, 0.6) is 0 Å². The highest BCUT2D eigenvalue weighted by molar-refractivity contribution is 7.27. The molecule has 7 aromatic carbocycles. The molecule has 3 heterocycles. The molecule has 0 atom stereocenters. The van der Waals surface area contributed by atoms with Gasteiger partial charge in [0.2, 0.25) is 0 Å². The topological polar surface area (TPSA) is 30.7 Å². The largest absolute Gasteiger partial charge is 0.308 e. The second-order valence-corrected chi connectivity index (χ2v) is 12.4. The van der Waals surface area contributed by atoms with E-state index in [1.165, 1.54) is 41.7 Å². The molecule has 0 saturated heterocycles. The Kier molecular flexibility index (Phi) is 4.49. The number of aromatic nitrogens is 3. The molecule has 0 radical (unpaired) electrons. The van der Waals surface area contributed by atoms with Gasteiger partial charge in [0.25, 0.3) is 0 Å². The third-order valence-electron chi connectivity index (χ3n) is 8.85. The quantitative estimate of drug-likeness (QED) is 0.200. The normalized spacial score (nSPS) is 13.4. The predicted octanol–water partition coefficient (Wildman–Crippen LogP) is 11.6. The van der Waals surface area contributed by atoms with E-state index >= 15 is 0 Å². The lowest BCUT2D eigenvalue weighted by Crippen LogP contribution is -1.98. The number of nitrogens with zero attached hydrogens (tertiary/aromatic N) is 3. The van der Waals surface area contributed by atoms with Crippen molar-refractivity contribution < 1.29 is 6.85 Å². The molecule has 0 fully saturated rings. The van der Waals surface area contributed by atoms with Crippen LogP contribution < -0.4 is 0 Å². The van der Waals surface area contributed by atoms with Crippen molar-refractivity contribution in [3.05, 3.63) is 152 Å². The highest BCUT2D eigenvalue weighted by atomic mass is 32.1.